The number of hydrogen-bond acceptors (Lipinski definition) is 4. The SMILES string of the molecule is NC(CCN1CCOCC1CO)c1ccc(Br)cc1. The molecule has 1 aromatic rings. The van der Waals surface area contributed by atoms with Gasteiger partial charge in [0.25, 0.3) is 0 Å². The monoisotopic (exact) mass is 328 g/mol. The van der Waals surface area contributed by atoms with E-state index in [1.807, 2.05) is 12.1 Å². The third-order valence-electron chi connectivity index (χ3n) is 3.59. The van der Waals surface area contributed by atoms with Crippen LogP contribution in [0.3, 0.4) is 0 Å². The van der Waals surface area contributed by atoms with Crippen molar-refractivity contribution in [2.75, 3.05) is 32.9 Å². The van der Waals surface area contributed by atoms with Crippen LogP contribution in [0, 0.1) is 0 Å². The lowest BCUT2D eigenvalue weighted by Crippen LogP contribution is -2.48. The highest BCUT2D eigenvalue weighted by molar-refractivity contribution is 9.10. The lowest BCUT2D eigenvalue weighted by atomic mass is 10.0. The fourth-order valence-electron chi connectivity index (χ4n) is 2.33. The average molecular weight is 329 g/mol. The molecule has 2 atom stereocenters. The Labute approximate surface area is 122 Å². The zero-order valence-corrected chi connectivity index (χ0v) is 12.6. The summed E-state index contributed by atoms with van der Waals surface area (Å²) in [6, 6.07) is 8.29. The fraction of sp³-hybridized carbons (Fsp3) is 0.571. The zero-order chi connectivity index (χ0) is 13.7. The van der Waals surface area contributed by atoms with E-state index in [1.165, 1.54) is 0 Å². The van der Waals surface area contributed by atoms with Gasteiger partial charge in [0.05, 0.1) is 25.9 Å². The molecule has 106 valence electrons. The van der Waals surface area contributed by atoms with E-state index < -0.39 is 0 Å². The minimum Gasteiger partial charge on any atom is -0.395 e. The molecule has 1 saturated heterocycles. The molecule has 1 heterocycles. The van der Waals surface area contributed by atoms with Crippen LogP contribution in [0.4, 0.5) is 0 Å². The number of ether oxygens (including phenoxy) is 1. The predicted octanol–water partition coefficient (Wildman–Crippen LogP) is 1.53. The fourth-order valence-corrected chi connectivity index (χ4v) is 2.60. The Hall–Kier alpha value is -0.460. The number of nitrogens with zero attached hydrogens (tertiary/aromatic N) is 1. The molecular formula is C14H21BrN2O2. The van der Waals surface area contributed by atoms with Crippen molar-refractivity contribution in [2.24, 2.45) is 5.73 Å². The highest BCUT2D eigenvalue weighted by Crippen LogP contribution is 2.19. The van der Waals surface area contributed by atoms with Gasteiger partial charge in [0.1, 0.15) is 0 Å². The van der Waals surface area contributed by atoms with Crippen LogP contribution < -0.4 is 5.73 Å². The minimum atomic E-state index is 0.0373. The van der Waals surface area contributed by atoms with Gasteiger partial charge in [-0.3, -0.25) is 4.90 Å². The van der Waals surface area contributed by atoms with Gasteiger partial charge in [0.2, 0.25) is 0 Å². The van der Waals surface area contributed by atoms with E-state index in [2.05, 4.69) is 33.0 Å². The number of nitrogens with two attached hydrogens (primary N) is 1. The molecule has 4 nitrogen and oxygen atoms in total. The van der Waals surface area contributed by atoms with Gasteiger partial charge in [0, 0.05) is 23.6 Å². The van der Waals surface area contributed by atoms with Crippen LogP contribution in [0.5, 0.6) is 0 Å². The Balaban J connectivity index is 1.85. The lowest BCUT2D eigenvalue weighted by Gasteiger charge is -2.35. The molecule has 1 aliphatic heterocycles. The largest absolute Gasteiger partial charge is 0.395 e. The molecule has 3 N–H and O–H groups in total. The van der Waals surface area contributed by atoms with Crippen molar-refractivity contribution < 1.29 is 9.84 Å². The number of benzene rings is 1. The van der Waals surface area contributed by atoms with Gasteiger partial charge in [-0.05, 0) is 24.1 Å². The van der Waals surface area contributed by atoms with E-state index in [1.54, 1.807) is 0 Å². The lowest BCUT2D eigenvalue weighted by molar-refractivity contribution is -0.0282. The first-order valence-electron chi connectivity index (χ1n) is 6.64. The molecule has 1 aromatic carbocycles. The third-order valence-corrected chi connectivity index (χ3v) is 4.11. The molecule has 0 spiro atoms. The number of aliphatic hydroxyl groups excluding tert-OH is 1. The van der Waals surface area contributed by atoms with Crippen LogP contribution in [-0.4, -0.2) is 49.0 Å². The summed E-state index contributed by atoms with van der Waals surface area (Å²) in [5.41, 5.74) is 7.36. The van der Waals surface area contributed by atoms with E-state index in [9.17, 15) is 5.11 Å². The molecule has 0 amide bonds. The van der Waals surface area contributed by atoms with Gasteiger partial charge in [-0.2, -0.15) is 0 Å². The van der Waals surface area contributed by atoms with E-state index in [0.29, 0.717) is 6.61 Å². The summed E-state index contributed by atoms with van der Waals surface area (Å²) in [7, 11) is 0. The highest BCUT2D eigenvalue weighted by atomic mass is 79.9. The second kappa shape index (κ2) is 7.36. The molecule has 0 bridgehead atoms. The Bertz CT molecular complexity index is 386. The first-order chi connectivity index (χ1) is 9.20. The van der Waals surface area contributed by atoms with Gasteiger partial charge >= 0.3 is 0 Å². The molecule has 2 rings (SSSR count). The van der Waals surface area contributed by atoms with Gasteiger partial charge in [-0.15, -0.1) is 0 Å². The molecule has 19 heavy (non-hydrogen) atoms. The summed E-state index contributed by atoms with van der Waals surface area (Å²) in [4.78, 5) is 2.27. The second-order valence-corrected chi connectivity index (χ2v) is 5.81. The summed E-state index contributed by atoms with van der Waals surface area (Å²) in [6.07, 6.45) is 0.887. The zero-order valence-electron chi connectivity index (χ0n) is 11.0. The smallest absolute Gasteiger partial charge is 0.0644 e. The maximum Gasteiger partial charge on any atom is 0.0644 e. The van der Waals surface area contributed by atoms with Crippen molar-refractivity contribution in [3.63, 3.8) is 0 Å². The standard InChI is InChI=1S/C14H21BrN2O2/c15-12-3-1-11(2-4-12)14(16)5-6-17-7-8-19-10-13(17)9-18/h1-4,13-14,18H,5-10,16H2. The molecule has 0 saturated carbocycles. The molecule has 5 heteroatoms. The molecule has 0 radical (unpaired) electrons. The maximum absolute atomic E-state index is 9.32. The summed E-state index contributed by atoms with van der Waals surface area (Å²) in [5, 5.41) is 9.32. The Morgan fingerprint density at radius 2 is 2.16 bits per heavy atom. The van der Waals surface area contributed by atoms with Gasteiger partial charge in [-0.1, -0.05) is 28.1 Å². The maximum atomic E-state index is 9.32. The van der Waals surface area contributed by atoms with E-state index >= 15 is 0 Å². The quantitative estimate of drug-likeness (QED) is 0.860. The van der Waals surface area contributed by atoms with Gasteiger partial charge in [-0.25, -0.2) is 0 Å². The van der Waals surface area contributed by atoms with Crippen molar-refractivity contribution >= 4 is 15.9 Å². The molecule has 2 unspecified atom stereocenters. The van der Waals surface area contributed by atoms with E-state index in [0.717, 1.165) is 36.2 Å². The number of rotatable bonds is 5. The van der Waals surface area contributed by atoms with E-state index in [4.69, 9.17) is 10.5 Å². The second-order valence-electron chi connectivity index (χ2n) is 4.89. The molecular weight excluding hydrogens is 308 g/mol. The Morgan fingerprint density at radius 1 is 1.42 bits per heavy atom. The van der Waals surface area contributed by atoms with Gasteiger partial charge in [0.15, 0.2) is 0 Å². The van der Waals surface area contributed by atoms with Crippen molar-refractivity contribution in [1.29, 1.82) is 0 Å². The number of hydrogen-bond donors (Lipinski definition) is 2. The average Bonchev–Trinajstić information content (AvgIpc) is 2.45. The first kappa shape index (κ1) is 14.9. The van der Waals surface area contributed by atoms with Crippen molar-refractivity contribution in [3.8, 4) is 0 Å². The van der Waals surface area contributed by atoms with Crippen LogP contribution in [-0.2, 0) is 4.74 Å². The van der Waals surface area contributed by atoms with Gasteiger partial charge < -0.3 is 15.6 Å². The normalized spacial score (nSPS) is 22.4. The summed E-state index contributed by atoms with van der Waals surface area (Å²) in [5.74, 6) is 0. The van der Waals surface area contributed by atoms with Crippen LogP contribution in [0.1, 0.15) is 18.0 Å². The third kappa shape index (κ3) is 4.26. The summed E-state index contributed by atoms with van der Waals surface area (Å²) >= 11 is 3.42. The number of aliphatic hydroxyl groups is 1. The van der Waals surface area contributed by atoms with Crippen molar-refractivity contribution in [2.45, 2.75) is 18.5 Å². The Kier molecular flexibility index (Phi) is 5.78. The van der Waals surface area contributed by atoms with Crippen molar-refractivity contribution in [3.05, 3.63) is 34.3 Å². The molecule has 1 aliphatic rings. The van der Waals surface area contributed by atoms with Crippen LogP contribution >= 0.6 is 15.9 Å². The van der Waals surface area contributed by atoms with Crippen molar-refractivity contribution in [1.82, 2.24) is 4.90 Å². The summed E-state index contributed by atoms with van der Waals surface area (Å²) < 4.78 is 6.44. The number of halogens is 1. The molecule has 0 aromatic heterocycles. The number of morpholine rings is 1. The van der Waals surface area contributed by atoms with Crippen LogP contribution in [0.15, 0.2) is 28.7 Å². The molecule has 0 aliphatic carbocycles. The molecule has 1 fully saturated rings. The minimum absolute atomic E-state index is 0.0373. The predicted molar refractivity (Wildman–Crippen MR) is 79.0 cm³/mol. The first-order valence-corrected chi connectivity index (χ1v) is 7.43. The van der Waals surface area contributed by atoms with Crippen LogP contribution in [0.2, 0.25) is 0 Å². The topological polar surface area (TPSA) is 58.7 Å². The highest BCUT2D eigenvalue weighted by Gasteiger charge is 2.22. The van der Waals surface area contributed by atoms with Crippen LogP contribution in [0.25, 0.3) is 0 Å². The van der Waals surface area contributed by atoms with E-state index in [-0.39, 0.29) is 18.7 Å². The summed E-state index contributed by atoms with van der Waals surface area (Å²) in [6.45, 7) is 3.27. The Morgan fingerprint density at radius 3 is 2.84 bits per heavy atom.